The molecule has 6 rings (SSSR count). The molecule has 244 valence electrons. The molecule has 3 aliphatic carbocycles. The molecule has 1 fully saturated rings. The first-order valence-corrected chi connectivity index (χ1v) is 16.0. The minimum absolute atomic E-state index is 0.0374. The van der Waals surface area contributed by atoms with Crippen LogP contribution in [0.4, 0.5) is 0 Å². The maximum absolute atomic E-state index is 14.3. The van der Waals surface area contributed by atoms with E-state index in [0.29, 0.717) is 16.9 Å². The van der Waals surface area contributed by atoms with Gasteiger partial charge < -0.3 is 25.2 Å². The number of carbonyl (C=O) groups excluding carboxylic acids is 3. The lowest BCUT2D eigenvalue weighted by Gasteiger charge is -2.56. The van der Waals surface area contributed by atoms with E-state index in [2.05, 4.69) is 18.2 Å². The average Bonchev–Trinajstić information content (AvgIpc) is 3.01. The predicted octanol–water partition coefficient (Wildman–Crippen LogP) is 6.55. The van der Waals surface area contributed by atoms with Crippen molar-refractivity contribution in [3.8, 4) is 22.6 Å². The number of hydrogen-bond acceptors (Lipinski definition) is 8. The number of Topliss-reactive ketones (excluding diaryl/α,β-unsaturated/α-hetero) is 3. The maximum atomic E-state index is 14.3. The molecule has 0 aromatic heterocycles. The van der Waals surface area contributed by atoms with Crippen LogP contribution in [0.5, 0.6) is 11.5 Å². The van der Waals surface area contributed by atoms with Gasteiger partial charge in [-0.1, -0.05) is 56.3 Å². The standard InChI is InChI=1S/C39H40O8/c1-22(40)31-29(42)20-38(3)21-37(2)19-27-25(15-16-28(41)32(27)34(43)33(37)36(45)39(38,46)35(31)44)26-18-24(14-17-30(26)47-4)13-9-8-12-23-10-6-5-7-11-23/h5-7,10-11,14-18,41,43-44,46H,8-9,12-13,19-21H2,1-4H3/t37-,38+,39+/m1/s1. The molecule has 8 nitrogen and oxygen atoms in total. The molecule has 3 aromatic carbocycles. The van der Waals surface area contributed by atoms with Crippen LogP contribution in [0.3, 0.4) is 0 Å². The molecular formula is C39H40O8. The van der Waals surface area contributed by atoms with Crippen molar-refractivity contribution in [1.29, 1.82) is 0 Å². The Morgan fingerprint density at radius 2 is 1.55 bits per heavy atom. The van der Waals surface area contributed by atoms with Crippen LogP contribution < -0.4 is 4.74 Å². The molecular weight excluding hydrogens is 596 g/mol. The molecule has 0 aliphatic heterocycles. The van der Waals surface area contributed by atoms with Gasteiger partial charge in [0.2, 0.25) is 5.78 Å². The number of phenols is 1. The van der Waals surface area contributed by atoms with Crippen molar-refractivity contribution >= 4 is 23.1 Å². The summed E-state index contributed by atoms with van der Waals surface area (Å²) in [6.45, 7) is 4.43. The van der Waals surface area contributed by atoms with Gasteiger partial charge >= 0.3 is 0 Å². The lowest BCUT2D eigenvalue weighted by molar-refractivity contribution is -0.164. The van der Waals surface area contributed by atoms with Crippen molar-refractivity contribution in [1.82, 2.24) is 0 Å². The third-order valence-electron chi connectivity index (χ3n) is 10.5. The molecule has 3 aromatic rings. The molecule has 0 heterocycles. The second kappa shape index (κ2) is 11.5. The highest BCUT2D eigenvalue weighted by molar-refractivity contribution is 6.23. The zero-order valence-electron chi connectivity index (χ0n) is 27.1. The summed E-state index contributed by atoms with van der Waals surface area (Å²) in [5, 5.41) is 45.9. The zero-order valence-corrected chi connectivity index (χ0v) is 27.1. The molecule has 3 atom stereocenters. The molecule has 3 aliphatic rings. The number of carbonyl (C=O) groups is 3. The summed E-state index contributed by atoms with van der Waals surface area (Å²) in [7, 11) is 1.58. The third-order valence-corrected chi connectivity index (χ3v) is 10.5. The highest BCUT2D eigenvalue weighted by atomic mass is 16.5. The van der Waals surface area contributed by atoms with E-state index in [-0.39, 0.29) is 36.1 Å². The molecule has 4 N–H and O–H groups in total. The quantitative estimate of drug-likeness (QED) is 0.161. The van der Waals surface area contributed by atoms with Gasteiger partial charge in [-0.3, -0.25) is 14.4 Å². The van der Waals surface area contributed by atoms with E-state index in [0.717, 1.165) is 43.7 Å². The second-order valence-corrected chi connectivity index (χ2v) is 13.8. The number of benzene rings is 3. The molecule has 47 heavy (non-hydrogen) atoms. The highest BCUT2D eigenvalue weighted by Gasteiger charge is 2.68. The topological polar surface area (TPSA) is 141 Å². The highest BCUT2D eigenvalue weighted by Crippen LogP contribution is 2.63. The predicted molar refractivity (Wildman–Crippen MR) is 177 cm³/mol. The number of rotatable bonds is 8. The Kier molecular flexibility index (Phi) is 7.91. The molecule has 0 spiro atoms. The minimum Gasteiger partial charge on any atom is -0.508 e. The lowest BCUT2D eigenvalue weighted by atomic mass is 9.47. The Morgan fingerprint density at radius 1 is 0.872 bits per heavy atom. The van der Waals surface area contributed by atoms with Crippen LogP contribution in [0.25, 0.3) is 16.9 Å². The smallest absolute Gasteiger partial charge is 0.203 e. The van der Waals surface area contributed by atoms with Crippen LogP contribution in [0.15, 0.2) is 77.6 Å². The van der Waals surface area contributed by atoms with E-state index in [1.54, 1.807) is 27.0 Å². The van der Waals surface area contributed by atoms with E-state index in [9.17, 15) is 34.8 Å². The van der Waals surface area contributed by atoms with Gasteiger partial charge in [0.05, 0.1) is 12.7 Å². The number of ketones is 3. The maximum Gasteiger partial charge on any atom is 0.203 e. The van der Waals surface area contributed by atoms with Crippen LogP contribution in [0, 0.1) is 10.8 Å². The molecule has 0 saturated heterocycles. The summed E-state index contributed by atoms with van der Waals surface area (Å²) in [5.74, 6) is -3.51. The Bertz CT molecular complexity index is 1890. The number of aliphatic hydroxyl groups is 3. The van der Waals surface area contributed by atoms with Crippen molar-refractivity contribution in [2.45, 2.75) is 71.3 Å². The third kappa shape index (κ3) is 4.97. The number of phenolic OH excluding ortho intramolecular Hbond substituents is 1. The fourth-order valence-corrected chi connectivity index (χ4v) is 8.33. The van der Waals surface area contributed by atoms with Crippen LogP contribution >= 0.6 is 0 Å². The normalized spacial score (nSPS) is 25.3. The van der Waals surface area contributed by atoms with Crippen LogP contribution in [-0.4, -0.2) is 50.5 Å². The van der Waals surface area contributed by atoms with E-state index in [4.69, 9.17) is 4.74 Å². The number of hydrogen-bond donors (Lipinski definition) is 4. The van der Waals surface area contributed by atoms with Gasteiger partial charge in [-0.2, -0.15) is 0 Å². The molecule has 8 heteroatoms. The Labute approximate surface area is 274 Å². The average molecular weight is 637 g/mol. The zero-order chi connectivity index (χ0) is 33.9. The van der Waals surface area contributed by atoms with Crippen molar-refractivity contribution in [3.05, 3.63) is 99.8 Å². The summed E-state index contributed by atoms with van der Waals surface area (Å²) in [4.78, 5) is 39.6. The number of unbranched alkanes of at least 4 members (excludes halogenated alkanes) is 1. The summed E-state index contributed by atoms with van der Waals surface area (Å²) >= 11 is 0. The van der Waals surface area contributed by atoms with E-state index >= 15 is 0 Å². The number of aliphatic hydroxyl groups excluding tert-OH is 2. The molecule has 1 saturated carbocycles. The van der Waals surface area contributed by atoms with Crippen molar-refractivity contribution in [3.63, 3.8) is 0 Å². The number of ether oxygens (including phenoxy) is 1. The monoisotopic (exact) mass is 636 g/mol. The van der Waals surface area contributed by atoms with Gasteiger partial charge in [-0.05, 0) is 85.9 Å². The first kappa shape index (κ1) is 32.3. The summed E-state index contributed by atoms with van der Waals surface area (Å²) in [5.41, 5.74) is -1.36. The van der Waals surface area contributed by atoms with Gasteiger partial charge in [0.15, 0.2) is 17.2 Å². The Balaban J connectivity index is 1.43. The Morgan fingerprint density at radius 3 is 2.21 bits per heavy atom. The summed E-state index contributed by atoms with van der Waals surface area (Å²) < 4.78 is 5.77. The van der Waals surface area contributed by atoms with Crippen LogP contribution in [-0.2, 0) is 33.6 Å². The van der Waals surface area contributed by atoms with E-state index in [1.807, 2.05) is 30.3 Å². The number of fused-ring (bicyclic) bond motifs is 3. The molecule has 0 radical (unpaired) electrons. The van der Waals surface area contributed by atoms with Crippen LogP contribution in [0.2, 0.25) is 0 Å². The van der Waals surface area contributed by atoms with Gasteiger partial charge in [-0.25, -0.2) is 0 Å². The van der Waals surface area contributed by atoms with Gasteiger partial charge in [0, 0.05) is 28.4 Å². The fraction of sp³-hybridized carbons (Fsp3) is 0.359. The second-order valence-electron chi connectivity index (χ2n) is 13.8. The number of allylic oxidation sites excluding steroid dienone is 1. The lowest BCUT2D eigenvalue weighted by Crippen LogP contribution is -2.65. The molecule has 0 bridgehead atoms. The van der Waals surface area contributed by atoms with E-state index in [1.165, 1.54) is 11.6 Å². The Hall–Kier alpha value is -4.69. The van der Waals surface area contributed by atoms with Crippen molar-refractivity contribution in [2.75, 3.05) is 7.11 Å². The van der Waals surface area contributed by atoms with Crippen LogP contribution in [0.1, 0.15) is 68.7 Å². The van der Waals surface area contributed by atoms with Gasteiger partial charge in [0.1, 0.15) is 28.6 Å². The number of methoxy groups -OCH3 is 1. The first-order chi connectivity index (χ1) is 22.3. The van der Waals surface area contributed by atoms with Crippen molar-refractivity contribution in [2.24, 2.45) is 10.8 Å². The molecule has 0 amide bonds. The fourth-order valence-electron chi connectivity index (χ4n) is 8.33. The largest absolute Gasteiger partial charge is 0.508 e. The first-order valence-electron chi connectivity index (χ1n) is 16.0. The molecule has 0 unspecified atom stereocenters. The van der Waals surface area contributed by atoms with Crippen molar-refractivity contribution < 1.29 is 39.5 Å². The minimum atomic E-state index is -2.60. The number of aryl methyl sites for hydroxylation is 2. The SMILES string of the molecule is COc1ccc(CCCCc2ccccc2)cc1-c1ccc(O)c2c1C[C@]1(C)C[C@]3(C)CC(=O)C(C(C)=O)=C(O)[C@]3(O)C(=O)C1=C2O. The summed E-state index contributed by atoms with van der Waals surface area (Å²) in [6.07, 6.45) is 3.73. The summed E-state index contributed by atoms with van der Waals surface area (Å²) in [6, 6.07) is 19.6. The number of aromatic hydroxyl groups is 1. The van der Waals surface area contributed by atoms with Gasteiger partial charge in [-0.15, -0.1) is 0 Å². The van der Waals surface area contributed by atoms with Gasteiger partial charge in [0.25, 0.3) is 0 Å². The van der Waals surface area contributed by atoms with E-state index < -0.39 is 50.9 Å².